The fraction of sp³-hybridized carbons (Fsp3) is 0.500. The molecule has 0 bridgehead atoms. The summed E-state index contributed by atoms with van der Waals surface area (Å²) in [6.07, 6.45) is 0.709. The first kappa shape index (κ1) is 16.4. The van der Waals surface area contributed by atoms with Gasteiger partial charge in [0.15, 0.2) is 0 Å². The van der Waals surface area contributed by atoms with E-state index in [-0.39, 0.29) is 6.04 Å². The van der Waals surface area contributed by atoms with Crippen LogP contribution in [0.1, 0.15) is 5.89 Å². The summed E-state index contributed by atoms with van der Waals surface area (Å²) >= 11 is 5.89. The van der Waals surface area contributed by atoms with Gasteiger partial charge in [0.05, 0.1) is 25.9 Å². The van der Waals surface area contributed by atoms with E-state index in [2.05, 4.69) is 15.0 Å². The van der Waals surface area contributed by atoms with E-state index in [9.17, 15) is 0 Å². The Balaban J connectivity index is 1.59. The molecule has 1 atom stereocenters. The number of ether oxygens (including phenoxy) is 2. The highest BCUT2D eigenvalue weighted by atomic mass is 35.5. The SMILES string of the molecule is COCC1COCCN1CCc1nc(-c2ccc(Cl)cc2)no1. The van der Waals surface area contributed by atoms with Crippen molar-refractivity contribution < 1.29 is 14.0 Å². The summed E-state index contributed by atoms with van der Waals surface area (Å²) < 4.78 is 16.1. The van der Waals surface area contributed by atoms with Gasteiger partial charge < -0.3 is 14.0 Å². The molecule has 1 fully saturated rings. The predicted molar refractivity (Wildman–Crippen MR) is 86.5 cm³/mol. The Morgan fingerprint density at radius 3 is 2.96 bits per heavy atom. The van der Waals surface area contributed by atoms with Gasteiger partial charge in [-0.05, 0) is 24.3 Å². The monoisotopic (exact) mass is 337 g/mol. The highest BCUT2D eigenvalue weighted by Crippen LogP contribution is 2.19. The van der Waals surface area contributed by atoms with E-state index < -0.39 is 0 Å². The molecule has 0 saturated carbocycles. The third-order valence-corrected chi connectivity index (χ3v) is 4.14. The molecule has 7 heteroatoms. The van der Waals surface area contributed by atoms with Gasteiger partial charge in [-0.25, -0.2) is 0 Å². The first-order chi connectivity index (χ1) is 11.3. The minimum atomic E-state index is 0.285. The van der Waals surface area contributed by atoms with E-state index in [1.54, 1.807) is 7.11 Å². The minimum absolute atomic E-state index is 0.285. The predicted octanol–water partition coefficient (Wildman–Crippen LogP) is 2.28. The lowest BCUT2D eigenvalue weighted by Gasteiger charge is -2.34. The van der Waals surface area contributed by atoms with Crippen molar-refractivity contribution in [2.45, 2.75) is 12.5 Å². The van der Waals surface area contributed by atoms with Crippen molar-refractivity contribution in [3.63, 3.8) is 0 Å². The summed E-state index contributed by atoms with van der Waals surface area (Å²) in [6, 6.07) is 7.68. The van der Waals surface area contributed by atoms with E-state index in [1.807, 2.05) is 24.3 Å². The van der Waals surface area contributed by atoms with Crippen LogP contribution in [0.5, 0.6) is 0 Å². The van der Waals surface area contributed by atoms with Crippen LogP contribution in [0.3, 0.4) is 0 Å². The first-order valence-corrected chi connectivity index (χ1v) is 8.03. The van der Waals surface area contributed by atoms with Crippen molar-refractivity contribution in [1.29, 1.82) is 0 Å². The summed E-state index contributed by atoms with van der Waals surface area (Å²) in [4.78, 5) is 6.80. The van der Waals surface area contributed by atoms with Crippen molar-refractivity contribution in [3.05, 3.63) is 35.2 Å². The van der Waals surface area contributed by atoms with Crippen LogP contribution in [0.15, 0.2) is 28.8 Å². The fourth-order valence-electron chi connectivity index (χ4n) is 2.64. The Hall–Kier alpha value is -1.47. The van der Waals surface area contributed by atoms with Gasteiger partial charge in [-0.2, -0.15) is 4.98 Å². The number of morpholine rings is 1. The van der Waals surface area contributed by atoms with Crippen molar-refractivity contribution in [2.75, 3.05) is 40.0 Å². The Bertz CT molecular complexity index is 615. The zero-order valence-electron chi connectivity index (χ0n) is 13.1. The number of aromatic nitrogens is 2. The Morgan fingerprint density at radius 1 is 1.35 bits per heavy atom. The van der Waals surface area contributed by atoms with Crippen molar-refractivity contribution in [2.24, 2.45) is 0 Å². The van der Waals surface area contributed by atoms with Crippen molar-refractivity contribution in [3.8, 4) is 11.4 Å². The second kappa shape index (κ2) is 7.88. The molecule has 1 saturated heterocycles. The zero-order valence-corrected chi connectivity index (χ0v) is 13.8. The normalized spacial score (nSPS) is 19.1. The van der Waals surface area contributed by atoms with Gasteiger partial charge in [-0.1, -0.05) is 16.8 Å². The van der Waals surface area contributed by atoms with E-state index in [0.717, 1.165) is 25.3 Å². The van der Waals surface area contributed by atoms with Crippen LogP contribution in [0.4, 0.5) is 0 Å². The molecule has 0 amide bonds. The highest BCUT2D eigenvalue weighted by Gasteiger charge is 2.23. The summed E-state index contributed by atoms with van der Waals surface area (Å²) in [7, 11) is 1.71. The Morgan fingerprint density at radius 2 is 2.17 bits per heavy atom. The summed E-state index contributed by atoms with van der Waals surface area (Å²) in [6.45, 7) is 3.86. The smallest absolute Gasteiger partial charge is 0.228 e. The molecule has 0 spiro atoms. The van der Waals surface area contributed by atoms with E-state index >= 15 is 0 Å². The lowest BCUT2D eigenvalue weighted by molar-refractivity contribution is -0.0350. The molecule has 1 unspecified atom stereocenters. The van der Waals surface area contributed by atoms with Gasteiger partial charge in [0.1, 0.15) is 0 Å². The standard InChI is InChI=1S/C16H20ClN3O3/c1-21-10-14-11-22-9-8-20(14)7-6-15-18-16(19-23-15)12-2-4-13(17)5-3-12/h2-5,14H,6-11H2,1H3. The van der Waals surface area contributed by atoms with Gasteiger partial charge in [0.25, 0.3) is 0 Å². The molecule has 2 aromatic rings. The zero-order chi connectivity index (χ0) is 16.1. The molecule has 0 N–H and O–H groups in total. The number of benzene rings is 1. The lowest BCUT2D eigenvalue weighted by Crippen LogP contribution is -2.48. The van der Waals surface area contributed by atoms with Crippen molar-refractivity contribution in [1.82, 2.24) is 15.0 Å². The number of nitrogens with zero attached hydrogens (tertiary/aromatic N) is 3. The molecule has 0 radical (unpaired) electrons. The summed E-state index contributed by atoms with van der Waals surface area (Å²) in [5, 5.41) is 4.73. The van der Waals surface area contributed by atoms with Gasteiger partial charge >= 0.3 is 0 Å². The van der Waals surface area contributed by atoms with Crippen LogP contribution >= 0.6 is 11.6 Å². The maximum Gasteiger partial charge on any atom is 0.228 e. The summed E-state index contributed by atoms with van der Waals surface area (Å²) in [5.74, 6) is 1.23. The molecule has 1 aliphatic rings. The Labute approximate surface area is 140 Å². The maximum atomic E-state index is 5.89. The van der Waals surface area contributed by atoms with Crippen LogP contribution in [-0.4, -0.2) is 61.1 Å². The fourth-order valence-corrected chi connectivity index (χ4v) is 2.77. The largest absolute Gasteiger partial charge is 0.383 e. The van der Waals surface area contributed by atoms with Gasteiger partial charge in [-0.3, -0.25) is 4.90 Å². The molecule has 124 valence electrons. The average Bonchev–Trinajstić information content (AvgIpc) is 3.04. The number of halogens is 1. The molecule has 3 rings (SSSR count). The topological polar surface area (TPSA) is 60.6 Å². The molecule has 1 aromatic carbocycles. The molecule has 0 aliphatic carbocycles. The first-order valence-electron chi connectivity index (χ1n) is 7.65. The van der Waals surface area contributed by atoms with Crippen LogP contribution in [0.2, 0.25) is 5.02 Å². The number of hydrogen-bond acceptors (Lipinski definition) is 6. The lowest BCUT2D eigenvalue weighted by atomic mass is 10.2. The van der Waals surface area contributed by atoms with Crippen molar-refractivity contribution >= 4 is 11.6 Å². The number of hydrogen-bond donors (Lipinski definition) is 0. The molecule has 6 nitrogen and oxygen atoms in total. The van der Waals surface area contributed by atoms with Gasteiger partial charge in [0.2, 0.25) is 11.7 Å². The Kier molecular flexibility index (Phi) is 5.61. The van der Waals surface area contributed by atoms with Crippen LogP contribution in [0, 0.1) is 0 Å². The maximum absolute atomic E-state index is 5.89. The van der Waals surface area contributed by atoms with Crippen LogP contribution in [-0.2, 0) is 15.9 Å². The number of rotatable bonds is 6. The van der Waals surface area contributed by atoms with E-state index in [4.69, 9.17) is 25.6 Å². The number of methoxy groups -OCH3 is 1. The third kappa shape index (κ3) is 4.29. The second-order valence-electron chi connectivity index (χ2n) is 5.49. The minimum Gasteiger partial charge on any atom is -0.383 e. The van der Waals surface area contributed by atoms with Crippen LogP contribution in [0.25, 0.3) is 11.4 Å². The average molecular weight is 338 g/mol. The van der Waals surface area contributed by atoms with Gasteiger partial charge in [0, 0.05) is 37.2 Å². The van der Waals surface area contributed by atoms with Gasteiger partial charge in [-0.15, -0.1) is 0 Å². The molecule has 1 aromatic heterocycles. The van der Waals surface area contributed by atoms with E-state index in [0.29, 0.717) is 36.4 Å². The molecule has 2 heterocycles. The molecular formula is C16H20ClN3O3. The molecular weight excluding hydrogens is 318 g/mol. The highest BCUT2D eigenvalue weighted by molar-refractivity contribution is 6.30. The van der Waals surface area contributed by atoms with E-state index in [1.165, 1.54) is 0 Å². The third-order valence-electron chi connectivity index (χ3n) is 3.89. The quantitative estimate of drug-likeness (QED) is 0.806. The second-order valence-corrected chi connectivity index (χ2v) is 5.93. The van der Waals surface area contributed by atoms with Crippen LogP contribution < -0.4 is 0 Å². The molecule has 1 aliphatic heterocycles. The summed E-state index contributed by atoms with van der Waals surface area (Å²) in [5.41, 5.74) is 0.896. The molecule has 23 heavy (non-hydrogen) atoms.